The molecular weight excluding hydrogens is 148 g/mol. The molecule has 12 heavy (non-hydrogen) atoms. The maximum Gasteiger partial charge on any atom is 0.0346 e. The molecule has 62 valence electrons. The monoisotopic (exact) mass is 160 g/mol. The average Bonchev–Trinajstić information content (AvgIpc) is 2.06. The Labute approximate surface area is 71.8 Å². The lowest BCUT2D eigenvalue weighted by Crippen LogP contribution is -1.77. The Bertz CT molecular complexity index is 377. The highest BCUT2D eigenvalue weighted by Crippen LogP contribution is 2.15. The van der Waals surface area contributed by atoms with E-state index in [9.17, 15) is 0 Å². The second-order valence-electron chi connectivity index (χ2n) is 2.67. The Hall–Kier alpha value is -1.41. The molecule has 0 radical (unpaired) electrons. The highest BCUT2D eigenvalue weighted by molar-refractivity contribution is 5.84. The van der Waals surface area contributed by atoms with E-state index in [0.29, 0.717) is 0 Å². The fraction of sp³-hybridized carbons (Fsp3) is 0.100. The van der Waals surface area contributed by atoms with Crippen LogP contribution in [-0.4, -0.2) is 4.98 Å². The summed E-state index contributed by atoms with van der Waals surface area (Å²) in [5.74, 6) is 0. The number of aromatic nitrogens is 1. The summed E-state index contributed by atoms with van der Waals surface area (Å²) in [7, 11) is 0. The van der Waals surface area contributed by atoms with E-state index in [1.807, 2.05) is 18.5 Å². The van der Waals surface area contributed by atoms with Crippen LogP contribution in [-0.2, 0) is 0 Å². The molecule has 1 aromatic heterocycles. The Kier molecular flexibility index (Phi) is 2.41. The van der Waals surface area contributed by atoms with Gasteiger partial charge in [-0.25, -0.2) is 0 Å². The lowest BCUT2D eigenvalue weighted by Gasteiger charge is -1.98. The molecule has 0 bridgehead atoms. The molecule has 0 aliphatic carbocycles. The summed E-state index contributed by atoms with van der Waals surface area (Å²) in [6.07, 6.45) is 3.72. The molecule has 0 unspecified atom stereocenters. The van der Waals surface area contributed by atoms with Crippen molar-refractivity contribution in [2.24, 2.45) is 0 Å². The van der Waals surface area contributed by atoms with Crippen LogP contribution in [0.25, 0.3) is 10.8 Å². The molecule has 3 N–H and O–H groups in total. The first-order valence-electron chi connectivity index (χ1n) is 3.67. The molecule has 0 aliphatic heterocycles. The summed E-state index contributed by atoms with van der Waals surface area (Å²) in [6.45, 7) is 2.11. The first-order chi connectivity index (χ1) is 5.38. The van der Waals surface area contributed by atoms with Crippen molar-refractivity contribution in [2.45, 2.75) is 6.92 Å². The van der Waals surface area contributed by atoms with Gasteiger partial charge in [-0.3, -0.25) is 4.98 Å². The van der Waals surface area contributed by atoms with Gasteiger partial charge in [0.05, 0.1) is 0 Å². The zero-order chi connectivity index (χ0) is 7.68. The van der Waals surface area contributed by atoms with E-state index in [2.05, 4.69) is 30.1 Å². The summed E-state index contributed by atoms with van der Waals surface area (Å²) < 4.78 is 0. The van der Waals surface area contributed by atoms with Gasteiger partial charge in [-0.05, 0) is 23.9 Å². The van der Waals surface area contributed by atoms with Crippen LogP contribution in [0.15, 0.2) is 36.7 Å². The molecule has 0 saturated heterocycles. The van der Waals surface area contributed by atoms with Crippen LogP contribution in [0, 0.1) is 6.92 Å². The van der Waals surface area contributed by atoms with Crippen LogP contribution in [0.5, 0.6) is 0 Å². The van der Waals surface area contributed by atoms with E-state index in [4.69, 9.17) is 0 Å². The SMILES string of the molecule is Cc1cccc2cnccc12.N. The Morgan fingerprint density at radius 3 is 2.75 bits per heavy atom. The van der Waals surface area contributed by atoms with Crippen LogP contribution < -0.4 is 6.15 Å². The van der Waals surface area contributed by atoms with Gasteiger partial charge in [-0.2, -0.15) is 0 Å². The molecule has 2 rings (SSSR count). The van der Waals surface area contributed by atoms with Crippen LogP contribution in [0.1, 0.15) is 5.56 Å². The summed E-state index contributed by atoms with van der Waals surface area (Å²) >= 11 is 0. The van der Waals surface area contributed by atoms with Gasteiger partial charge < -0.3 is 6.15 Å². The minimum atomic E-state index is 0. The van der Waals surface area contributed by atoms with Gasteiger partial charge in [0.1, 0.15) is 0 Å². The Morgan fingerprint density at radius 1 is 1.17 bits per heavy atom. The lowest BCUT2D eigenvalue weighted by atomic mass is 10.1. The summed E-state index contributed by atoms with van der Waals surface area (Å²) in [5.41, 5.74) is 1.31. The normalized spacial score (nSPS) is 9.42. The van der Waals surface area contributed by atoms with E-state index in [-0.39, 0.29) is 6.15 Å². The molecule has 0 fully saturated rings. The molecule has 1 heterocycles. The quantitative estimate of drug-likeness (QED) is 0.644. The summed E-state index contributed by atoms with van der Waals surface area (Å²) in [5, 5.41) is 2.51. The second-order valence-corrected chi connectivity index (χ2v) is 2.67. The zero-order valence-electron chi connectivity index (χ0n) is 7.12. The van der Waals surface area contributed by atoms with Gasteiger partial charge in [0.25, 0.3) is 0 Å². The van der Waals surface area contributed by atoms with Gasteiger partial charge in [0, 0.05) is 17.8 Å². The predicted octanol–water partition coefficient (Wildman–Crippen LogP) is 2.71. The van der Waals surface area contributed by atoms with Gasteiger partial charge in [-0.15, -0.1) is 0 Å². The molecule has 0 spiro atoms. The van der Waals surface area contributed by atoms with Crippen LogP contribution in [0.4, 0.5) is 0 Å². The third kappa shape index (κ3) is 1.29. The van der Waals surface area contributed by atoms with E-state index < -0.39 is 0 Å². The average molecular weight is 160 g/mol. The number of rotatable bonds is 0. The highest BCUT2D eigenvalue weighted by Gasteiger charge is 1.92. The Morgan fingerprint density at radius 2 is 2.00 bits per heavy atom. The van der Waals surface area contributed by atoms with Crippen molar-refractivity contribution in [1.29, 1.82) is 0 Å². The minimum Gasteiger partial charge on any atom is -0.344 e. The van der Waals surface area contributed by atoms with Gasteiger partial charge in [-0.1, -0.05) is 18.2 Å². The Balaban J connectivity index is 0.000000720. The number of benzene rings is 1. The van der Waals surface area contributed by atoms with Gasteiger partial charge >= 0.3 is 0 Å². The van der Waals surface area contributed by atoms with Crippen molar-refractivity contribution in [1.82, 2.24) is 11.1 Å². The highest BCUT2D eigenvalue weighted by atomic mass is 14.6. The molecule has 2 heteroatoms. The van der Waals surface area contributed by atoms with E-state index in [1.54, 1.807) is 0 Å². The van der Waals surface area contributed by atoms with Crippen molar-refractivity contribution in [3.63, 3.8) is 0 Å². The number of hydrogen-bond donors (Lipinski definition) is 1. The van der Waals surface area contributed by atoms with Gasteiger partial charge in [0.2, 0.25) is 0 Å². The van der Waals surface area contributed by atoms with Crippen molar-refractivity contribution in [3.8, 4) is 0 Å². The molecule has 0 saturated carbocycles. The molecule has 2 nitrogen and oxygen atoms in total. The zero-order valence-corrected chi connectivity index (χ0v) is 7.12. The molecule has 0 aliphatic rings. The van der Waals surface area contributed by atoms with E-state index in [1.165, 1.54) is 16.3 Å². The first-order valence-corrected chi connectivity index (χ1v) is 3.67. The van der Waals surface area contributed by atoms with Crippen LogP contribution >= 0.6 is 0 Å². The third-order valence-corrected chi connectivity index (χ3v) is 1.90. The maximum absolute atomic E-state index is 4.05. The number of fused-ring (bicyclic) bond motifs is 1. The van der Waals surface area contributed by atoms with Crippen LogP contribution in [0.3, 0.4) is 0 Å². The van der Waals surface area contributed by atoms with Crippen LogP contribution in [0.2, 0.25) is 0 Å². The lowest BCUT2D eigenvalue weighted by molar-refractivity contribution is 1.36. The van der Waals surface area contributed by atoms with Crippen molar-refractivity contribution in [2.75, 3.05) is 0 Å². The fourth-order valence-electron chi connectivity index (χ4n) is 1.28. The molecule has 0 amide bonds. The van der Waals surface area contributed by atoms with Crippen molar-refractivity contribution < 1.29 is 0 Å². The minimum absolute atomic E-state index is 0. The smallest absolute Gasteiger partial charge is 0.0346 e. The van der Waals surface area contributed by atoms with E-state index in [0.717, 1.165) is 0 Å². The molecule has 2 aromatic rings. The summed E-state index contributed by atoms with van der Waals surface area (Å²) in [6, 6.07) is 8.29. The number of hydrogen-bond acceptors (Lipinski definition) is 2. The van der Waals surface area contributed by atoms with E-state index >= 15 is 0 Å². The second kappa shape index (κ2) is 3.32. The summed E-state index contributed by atoms with van der Waals surface area (Å²) in [4.78, 5) is 4.05. The predicted molar refractivity (Wildman–Crippen MR) is 51.5 cm³/mol. The van der Waals surface area contributed by atoms with Crippen molar-refractivity contribution in [3.05, 3.63) is 42.2 Å². The number of nitrogens with zero attached hydrogens (tertiary/aromatic N) is 1. The molecular formula is C10H12N2. The number of aryl methyl sites for hydroxylation is 1. The fourth-order valence-corrected chi connectivity index (χ4v) is 1.28. The van der Waals surface area contributed by atoms with Gasteiger partial charge in [0.15, 0.2) is 0 Å². The topological polar surface area (TPSA) is 47.9 Å². The third-order valence-electron chi connectivity index (χ3n) is 1.90. The largest absolute Gasteiger partial charge is 0.344 e. The maximum atomic E-state index is 4.05. The standard InChI is InChI=1S/C10H9N.H3N/c1-8-3-2-4-9-7-11-6-5-10(8)9;/h2-7H,1H3;1H3. The molecule has 0 atom stereocenters. The number of pyridine rings is 1. The molecule has 1 aromatic carbocycles. The van der Waals surface area contributed by atoms with Crippen molar-refractivity contribution >= 4 is 10.8 Å². The first kappa shape index (κ1) is 8.68.